The lowest BCUT2D eigenvalue weighted by Gasteiger charge is -2.23. The highest BCUT2D eigenvalue weighted by molar-refractivity contribution is 5.68. The van der Waals surface area contributed by atoms with Crippen LogP contribution in [-0.4, -0.2) is 17.7 Å². The maximum absolute atomic E-state index is 11.7. The van der Waals surface area contributed by atoms with E-state index in [-0.39, 0.29) is 12.1 Å². The number of hydrogen-bond donors (Lipinski definition) is 1. The first-order chi connectivity index (χ1) is 8.24. The van der Waals surface area contributed by atoms with Crippen LogP contribution >= 0.6 is 0 Å². The van der Waals surface area contributed by atoms with Gasteiger partial charge in [-0.1, -0.05) is 39.3 Å². The van der Waals surface area contributed by atoms with Gasteiger partial charge in [-0.25, -0.2) is 4.79 Å². The molecule has 0 unspecified atom stereocenters. The Balaban J connectivity index is 4.35. The van der Waals surface area contributed by atoms with Crippen LogP contribution in [0.2, 0.25) is 0 Å². The highest BCUT2D eigenvalue weighted by Crippen LogP contribution is 2.10. The largest absolute Gasteiger partial charge is 0.444 e. The Morgan fingerprint density at radius 2 is 1.94 bits per heavy atom. The van der Waals surface area contributed by atoms with Crippen LogP contribution in [0.1, 0.15) is 60.8 Å². The fourth-order valence-corrected chi connectivity index (χ4v) is 1.58. The molecule has 18 heavy (non-hydrogen) atoms. The van der Waals surface area contributed by atoms with Crippen molar-refractivity contribution in [3.05, 3.63) is 12.2 Å². The Bertz CT molecular complexity index is 264. The molecule has 1 N–H and O–H groups in total. The van der Waals surface area contributed by atoms with Gasteiger partial charge in [-0.15, -0.1) is 0 Å². The number of rotatable bonds is 6. The van der Waals surface area contributed by atoms with Gasteiger partial charge in [0.25, 0.3) is 0 Å². The van der Waals surface area contributed by atoms with Gasteiger partial charge in [0.2, 0.25) is 0 Å². The van der Waals surface area contributed by atoms with Crippen molar-refractivity contribution in [2.24, 2.45) is 5.92 Å². The molecule has 0 rings (SSSR count). The first kappa shape index (κ1) is 17.0. The van der Waals surface area contributed by atoms with Gasteiger partial charge in [0.05, 0.1) is 6.04 Å². The second-order valence-electron chi connectivity index (χ2n) is 6.10. The predicted octanol–water partition coefficient (Wildman–Crippen LogP) is 4.28. The van der Waals surface area contributed by atoms with E-state index in [0.717, 1.165) is 19.3 Å². The maximum Gasteiger partial charge on any atom is 0.408 e. The lowest BCUT2D eigenvalue weighted by Crippen LogP contribution is -2.38. The molecule has 1 atom stereocenters. The zero-order chi connectivity index (χ0) is 14.2. The van der Waals surface area contributed by atoms with Gasteiger partial charge in [-0.3, -0.25) is 0 Å². The van der Waals surface area contributed by atoms with E-state index in [9.17, 15) is 4.79 Å². The molecular weight excluding hydrogens is 226 g/mol. The second kappa shape index (κ2) is 8.17. The van der Waals surface area contributed by atoms with E-state index < -0.39 is 5.60 Å². The smallest absolute Gasteiger partial charge is 0.408 e. The zero-order valence-electron chi connectivity index (χ0n) is 12.7. The number of alkyl carbamates (subject to hydrolysis) is 1. The van der Waals surface area contributed by atoms with E-state index in [1.165, 1.54) is 0 Å². The molecule has 0 radical (unpaired) electrons. The molecule has 0 spiro atoms. The summed E-state index contributed by atoms with van der Waals surface area (Å²) in [5.74, 6) is 0.538. The predicted molar refractivity (Wildman–Crippen MR) is 76.7 cm³/mol. The Morgan fingerprint density at radius 1 is 1.33 bits per heavy atom. The third kappa shape index (κ3) is 10.2. The average molecular weight is 255 g/mol. The molecule has 0 aliphatic heterocycles. The molecule has 0 saturated carbocycles. The molecule has 0 saturated heterocycles. The zero-order valence-corrected chi connectivity index (χ0v) is 12.7. The quantitative estimate of drug-likeness (QED) is 0.719. The summed E-state index contributed by atoms with van der Waals surface area (Å²) in [5.41, 5.74) is -0.445. The summed E-state index contributed by atoms with van der Waals surface area (Å²) < 4.78 is 5.27. The van der Waals surface area contributed by atoms with Crippen molar-refractivity contribution in [1.29, 1.82) is 0 Å². The third-order valence-electron chi connectivity index (χ3n) is 2.25. The molecule has 0 heterocycles. The maximum atomic E-state index is 11.7. The van der Waals surface area contributed by atoms with E-state index in [4.69, 9.17) is 4.74 Å². The van der Waals surface area contributed by atoms with Crippen LogP contribution < -0.4 is 5.32 Å². The molecule has 0 aromatic rings. The van der Waals surface area contributed by atoms with Crippen molar-refractivity contribution < 1.29 is 9.53 Å². The van der Waals surface area contributed by atoms with E-state index in [1.807, 2.05) is 20.8 Å². The summed E-state index contributed by atoms with van der Waals surface area (Å²) in [6.07, 6.45) is 6.97. The molecule has 3 nitrogen and oxygen atoms in total. The third-order valence-corrected chi connectivity index (χ3v) is 2.25. The molecule has 0 fully saturated rings. The van der Waals surface area contributed by atoms with Crippen molar-refractivity contribution in [3.63, 3.8) is 0 Å². The normalized spacial score (nSPS) is 13.9. The summed E-state index contributed by atoms with van der Waals surface area (Å²) >= 11 is 0. The monoisotopic (exact) mass is 255 g/mol. The summed E-state index contributed by atoms with van der Waals surface area (Å²) in [5, 5.41) is 2.92. The molecule has 106 valence electrons. The topological polar surface area (TPSA) is 38.3 Å². The first-order valence-electron chi connectivity index (χ1n) is 6.90. The summed E-state index contributed by atoms with van der Waals surface area (Å²) in [6.45, 7) is 12.1. The van der Waals surface area contributed by atoms with Crippen LogP contribution in [0.5, 0.6) is 0 Å². The Kier molecular flexibility index (Phi) is 7.72. The average Bonchev–Trinajstić information content (AvgIpc) is 2.13. The molecule has 0 aromatic heterocycles. The van der Waals surface area contributed by atoms with Gasteiger partial charge in [0, 0.05) is 0 Å². The van der Waals surface area contributed by atoms with Gasteiger partial charge < -0.3 is 10.1 Å². The van der Waals surface area contributed by atoms with Crippen molar-refractivity contribution in [3.8, 4) is 0 Å². The molecule has 0 aliphatic rings. The van der Waals surface area contributed by atoms with Crippen molar-refractivity contribution >= 4 is 6.09 Å². The van der Waals surface area contributed by atoms with E-state index in [0.29, 0.717) is 5.92 Å². The summed E-state index contributed by atoms with van der Waals surface area (Å²) in [6, 6.07) is 0.0615. The van der Waals surface area contributed by atoms with Crippen LogP contribution in [0, 0.1) is 5.92 Å². The van der Waals surface area contributed by atoms with Gasteiger partial charge in [0.15, 0.2) is 0 Å². The Labute approximate surface area is 112 Å². The molecule has 0 aromatic carbocycles. The van der Waals surface area contributed by atoms with Gasteiger partial charge in [-0.05, 0) is 39.5 Å². The lowest BCUT2D eigenvalue weighted by molar-refractivity contribution is 0.0510. The van der Waals surface area contributed by atoms with Gasteiger partial charge in [-0.2, -0.15) is 0 Å². The van der Waals surface area contributed by atoms with Crippen molar-refractivity contribution in [2.45, 2.75) is 72.4 Å². The van der Waals surface area contributed by atoms with Crippen LogP contribution in [-0.2, 0) is 4.74 Å². The number of allylic oxidation sites excluding steroid dienone is 1. The number of carbonyl (C=O) groups is 1. The van der Waals surface area contributed by atoms with Crippen molar-refractivity contribution in [2.75, 3.05) is 0 Å². The number of nitrogens with one attached hydrogen (secondary N) is 1. The molecule has 3 heteroatoms. The number of unbranched alkanes of at least 4 members (excludes halogenated alkanes) is 1. The van der Waals surface area contributed by atoms with Gasteiger partial charge in [0.1, 0.15) is 5.60 Å². The molecule has 0 aliphatic carbocycles. The fraction of sp³-hybridized carbons (Fsp3) is 0.800. The number of carbonyl (C=O) groups excluding carboxylic acids is 1. The van der Waals surface area contributed by atoms with E-state index in [1.54, 1.807) is 0 Å². The minimum Gasteiger partial charge on any atom is -0.444 e. The number of hydrogen-bond acceptors (Lipinski definition) is 2. The van der Waals surface area contributed by atoms with Crippen molar-refractivity contribution in [1.82, 2.24) is 5.32 Å². The highest BCUT2D eigenvalue weighted by Gasteiger charge is 2.18. The second-order valence-corrected chi connectivity index (χ2v) is 6.10. The van der Waals surface area contributed by atoms with Gasteiger partial charge >= 0.3 is 6.09 Å². The first-order valence-corrected chi connectivity index (χ1v) is 6.90. The van der Waals surface area contributed by atoms with E-state index in [2.05, 4.69) is 38.2 Å². The van der Waals surface area contributed by atoms with E-state index >= 15 is 0 Å². The molecule has 0 bridgehead atoms. The SMILES string of the molecule is CCCC=C[C@H](CC(C)C)NC(=O)OC(C)(C)C. The highest BCUT2D eigenvalue weighted by atomic mass is 16.6. The lowest BCUT2D eigenvalue weighted by atomic mass is 10.0. The summed E-state index contributed by atoms with van der Waals surface area (Å²) in [7, 11) is 0. The van der Waals surface area contributed by atoms with Crippen LogP contribution in [0.4, 0.5) is 4.79 Å². The number of amides is 1. The van der Waals surface area contributed by atoms with Crippen LogP contribution in [0.15, 0.2) is 12.2 Å². The Morgan fingerprint density at radius 3 is 2.39 bits per heavy atom. The standard InChI is InChI=1S/C15H29NO2/c1-7-8-9-10-13(11-12(2)3)16-14(17)18-15(4,5)6/h9-10,12-13H,7-8,11H2,1-6H3,(H,16,17)/t13-/m1/s1. The minimum absolute atomic E-state index is 0.0615. The van der Waals surface area contributed by atoms with Crippen LogP contribution in [0.3, 0.4) is 0 Å². The molecule has 1 amide bonds. The van der Waals surface area contributed by atoms with Crippen LogP contribution in [0.25, 0.3) is 0 Å². The Hall–Kier alpha value is -0.990. The number of ether oxygens (including phenoxy) is 1. The summed E-state index contributed by atoms with van der Waals surface area (Å²) in [4.78, 5) is 11.7. The molecular formula is C15H29NO2. The fourth-order valence-electron chi connectivity index (χ4n) is 1.58. The minimum atomic E-state index is -0.445.